The lowest BCUT2D eigenvalue weighted by Gasteiger charge is -2.36. The molecule has 1 aromatic heterocycles. The number of nitrogens with one attached hydrogen (secondary N) is 1. The van der Waals surface area contributed by atoms with E-state index in [9.17, 15) is 4.39 Å². The van der Waals surface area contributed by atoms with Crippen LogP contribution in [-0.2, 0) is 9.47 Å². The van der Waals surface area contributed by atoms with Gasteiger partial charge in [-0.1, -0.05) is 12.1 Å². The topological polar surface area (TPSA) is 43.4 Å². The van der Waals surface area contributed by atoms with E-state index in [0.717, 1.165) is 29.6 Å². The van der Waals surface area contributed by atoms with Gasteiger partial charge in [-0.05, 0) is 19.1 Å². The average molecular weight is 304 g/mol. The van der Waals surface area contributed by atoms with Gasteiger partial charge in [-0.3, -0.25) is 0 Å². The molecular formula is C17H21FN2O2. The average Bonchev–Trinajstić information content (AvgIpc) is 2.54. The number of hydrogen-bond acceptors (Lipinski definition) is 4. The number of aryl methyl sites for hydroxylation is 1. The molecule has 118 valence electrons. The smallest absolute Gasteiger partial charge is 0.149 e. The van der Waals surface area contributed by atoms with Crippen LogP contribution in [0.1, 0.15) is 18.5 Å². The molecule has 2 aromatic rings. The second-order valence-corrected chi connectivity index (χ2v) is 5.80. The summed E-state index contributed by atoms with van der Waals surface area (Å²) < 4.78 is 25.1. The summed E-state index contributed by atoms with van der Waals surface area (Å²) in [4.78, 5) is 4.30. The predicted molar refractivity (Wildman–Crippen MR) is 84.7 cm³/mol. The van der Waals surface area contributed by atoms with E-state index in [1.165, 1.54) is 6.07 Å². The van der Waals surface area contributed by atoms with Gasteiger partial charge >= 0.3 is 0 Å². The maximum Gasteiger partial charge on any atom is 0.149 e. The quantitative estimate of drug-likeness (QED) is 0.941. The van der Waals surface area contributed by atoms with Gasteiger partial charge in [0.05, 0.1) is 5.60 Å². The molecule has 0 aliphatic carbocycles. The molecule has 3 rings (SSSR count). The number of halogens is 1. The summed E-state index contributed by atoms with van der Waals surface area (Å²) in [6, 6.07) is 6.98. The van der Waals surface area contributed by atoms with Crippen LogP contribution in [0.15, 0.2) is 24.3 Å². The molecule has 0 amide bonds. The van der Waals surface area contributed by atoms with E-state index in [-0.39, 0.29) is 11.4 Å². The van der Waals surface area contributed by atoms with Gasteiger partial charge in [0.25, 0.3) is 0 Å². The van der Waals surface area contributed by atoms with Crippen LogP contribution in [0, 0.1) is 12.7 Å². The number of rotatable bonds is 4. The zero-order chi connectivity index (χ0) is 15.6. The van der Waals surface area contributed by atoms with E-state index in [4.69, 9.17) is 9.47 Å². The largest absolute Gasteiger partial charge is 0.382 e. The lowest BCUT2D eigenvalue weighted by Crippen LogP contribution is -2.44. The molecule has 1 aliphatic heterocycles. The normalized spacial score (nSPS) is 17.6. The SMILES string of the molecule is COC1(CNc2cc(C)nc3c(F)cccc23)CCOCC1. The van der Waals surface area contributed by atoms with Crippen molar-refractivity contribution >= 4 is 16.6 Å². The Balaban J connectivity index is 1.89. The number of para-hydroxylation sites is 1. The number of nitrogens with zero attached hydrogens (tertiary/aromatic N) is 1. The van der Waals surface area contributed by atoms with Crippen LogP contribution >= 0.6 is 0 Å². The number of ether oxygens (including phenoxy) is 2. The third-order valence-electron chi connectivity index (χ3n) is 4.36. The fourth-order valence-electron chi connectivity index (χ4n) is 2.94. The van der Waals surface area contributed by atoms with E-state index in [1.807, 2.05) is 19.1 Å². The fraction of sp³-hybridized carbons (Fsp3) is 0.471. The molecule has 1 N–H and O–H groups in total. The number of benzene rings is 1. The second kappa shape index (κ2) is 6.18. The minimum Gasteiger partial charge on any atom is -0.382 e. The highest BCUT2D eigenvalue weighted by atomic mass is 19.1. The summed E-state index contributed by atoms with van der Waals surface area (Å²) in [5.74, 6) is -0.295. The highest BCUT2D eigenvalue weighted by Crippen LogP contribution is 2.28. The number of aromatic nitrogens is 1. The van der Waals surface area contributed by atoms with Crippen molar-refractivity contribution in [1.29, 1.82) is 0 Å². The van der Waals surface area contributed by atoms with E-state index in [2.05, 4.69) is 10.3 Å². The maximum absolute atomic E-state index is 14.0. The van der Waals surface area contributed by atoms with Crippen LogP contribution in [-0.4, -0.2) is 37.5 Å². The van der Waals surface area contributed by atoms with E-state index in [1.54, 1.807) is 13.2 Å². The molecule has 4 nitrogen and oxygen atoms in total. The van der Waals surface area contributed by atoms with Crippen molar-refractivity contribution in [2.45, 2.75) is 25.4 Å². The first-order chi connectivity index (χ1) is 10.6. The number of fused-ring (bicyclic) bond motifs is 1. The predicted octanol–water partition coefficient (Wildman–Crippen LogP) is 3.29. The molecule has 5 heteroatoms. The van der Waals surface area contributed by atoms with E-state index >= 15 is 0 Å². The zero-order valence-electron chi connectivity index (χ0n) is 13.0. The highest BCUT2D eigenvalue weighted by Gasteiger charge is 2.32. The summed E-state index contributed by atoms with van der Waals surface area (Å²) >= 11 is 0. The monoisotopic (exact) mass is 304 g/mol. The first kappa shape index (κ1) is 15.2. The second-order valence-electron chi connectivity index (χ2n) is 5.80. The lowest BCUT2D eigenvalue weighted by molar-refractivity contribution is -0.0807. The Bertz CT molecular complexity index is 669. The molecule has 0 spiro atoms. The standard InChI is InChI=1S/C17H21FN2O2/c1-12-10-15(13-4-3-5-14(18)16(13)20-12)19-11-17(21-2)6-8-22-9-7-17/h3-5,10H,6-9,11H2,1-2H3,(H,19,20). The molecule has 0 radical (unpaired) electrons. The Morgan fingerprint density at radius 1 is 1.36 bits per heavy atom. The molecule has 1 saturated heterocycles. The molecule has 0 saturated carbocycles. The highest BCUT2D eigenvalue weighted by molar-refractivity contribution is 5.91. The summed E-state index contributed by atoms with van der Waals surface area (Å²) in [6.45, 7) is 3.96. The van der Waals surface area contributed by atoms with Gasteiger partial charge in [-0.25, -0.2) is 9.37 Å². The van der Waals surface area contributed by atoms with Crippen molar-refractivity contribution in [3.05, 3.63) is 35.8 Å². The van der Waals surface area contributed by atoms with Gasteiger partial charge < -0.3 is 14.8 Å². The Kier molecular flexibility index (Phi) is 4.27. The molecule has 1 fully saturated rings. The fourth-order valence-corrected chi connectivity index (χ4v) is 2.94. The summed E-state index contributed by atoms with van der Waals surface area (Å²) in [7, 11) is 1.74. The number of methoxy groups -OCH3 is 1. The van der Waals surface area contributed by atoms with Gasteiger partial charge in [-0.2, -0.15) is 0 Å². The van der Waals surface area contributed by atoms with Gasteiger partial charge in [0, 0.05) is 56.5 Å². The maximum atomic E-state index is 14.0. The van der Waals surface area contributed by atoms with Crippen molar-refractivity contribution in [2.24, 2.45) is 0 Å². The van der Waals surface area contributed by atoms with Gasteiger partial charge in [0.2, 0.25) is 0 Å². The summed E-state index contributed by atoms with van der Waals surface area (Å²) in [6.07, 6.45) is 1.71. The Morgan fingerprint density at radius 3 is 2.86 bits per heavy atom. The lowest BCUT2D eigenvalue weighted by atomic mass is 9.94. The third kappa shape index (κ3) is 2.91. The van der Waals surface area contributed by atoms with Crippen LogP contribution in [0.5, 0.6) is 0 Å². The summed E-state index contributed by atoms with van der Waals surface area (Å²) in [5.41, 5.74) is 1.86. The number of pyridine rings is 1. The van der Waals surface area contributed by atoms with Gasteiger partial charge in [-0.15, -0.1) is 0 Å². The third-order valence-corrected chi connectivity index (χ3v) is 4.36. The van der Waals surface area contributed by atoms with Crippen molar-refractivity contribution < 1.29 is 13.9 Å². The van der Waals surface area contributed by atoms with Crippen LogP contribution in [0.3, 0.4) is 0 Å². The Hall–Kier alpha value is -1.72. The Labute approximate surface area is 129 Å². The van der Waals surface area contributed by atoms with Crippen molar-refractivity contribution in [1.82, 2.24) is 4.98 Å². The first-order valence-electron chi connectivity index (χ1n) is 7.56. The minimum absolute atomic E-state index is 0.227. The molecule has 22 heavy (non-hydrogen) atoms. The molecular weight excluding hydrogens is 283 g/mol. The molecule has 0 unspecified atom stereocenters. The van der Waals surface area contributed by atoms with Crippen LogP contribution in [0.2, 0.25) is 0 Å². The molecule has 0 atom stereocenters. The van der Waals surface area contributed by atoms with Gasteiger partial charge in [0.15, 0.2) is 0 Å². The van der Waals surface area contributed by atoms with Gasteiger partial charge in [0.1, 0.15) is 11.3 Å². The molecule has 1 aliphatic rings. The van der Waals surface area contributed by atoms with Crippen molar-refractivity contribution in [2.75, 3.05) is 32.2 Å². The number of hydrogen-bond donors (Lipinski definition) is 1. The number of anilines is 1. The van der Waals surface area contributed by atoms with E-state index < -0.39 is 0 Å². The Morgan fingerprint density at radius 2 is 2.14 bits per heavy atom. The van der Waals surface area contributed by atoms with Crippen LogP contribution in [0.25, 0.3) is 10.9 Å². The first-order valence-corrected chi connectivity index (χ1v) is 7.56. The van der Waals surface area contributed by atoms with E-state index in [0.29, 0.717) is 25.3 Å². The van der Waals surface area contributed by atoms with Crippen LogP contribution in [0.4, 0.5) is 10.1 Å². The van der Waals surface area contributed by atoms with Crippen molar-refractivity contribution in [3.63, 3.8) is 0 Å². The zero-order valence-corrected chi connectivity index (χ0v) is 13.0. The summed E-state index contributed by atoms with van der Waals surface area (Å²) in [5, 5.41) is 4.23. The van der Waals surface area contributed by atoms with Crippen LogP contribution < -0.4 is 5.32 Å². The molecule has 1 aromatic carbocycles. The molecule has 0 bridgehead atoms. The molecule has 2 heterocycles. The minimum atomic E-state index is -0.295. The van der Waals surface area contributed by atoms with Crippen molar-refractivity contribution in [3.8, 4) is 0 Å².